The molecule has 0 saturated carbocycles. The zero-order valence-corrected chi connectivity index (χ0v) is 33.8. The van der Waals surface area contributed by atoms with Crippen molar-refractivity contribution in [3.63, 3.8) is 0 Å². The van der Waals surface area contributed by atoms with E-state index >= 15 is 0 Å². The zero-order valence-electron chi connectivity index (χ0n) is 24.0. The van der Waals surface area contributed by atoms with Gasteiger partial charge in [-0.05, 0) is 0 Å². The average molecular weight is 815 g/mol. The molecule has 42 heavy (non-hydrogen) atoms. The third-order valence-electron chi connectivity index (χ3n) is 4.40. The highest BCUT2D eigenvalue weighted by atomic mass is 32.2. The average Bonchev–Trinajstić information content (AvgIpc) is 2.97. The predicted octanol–water partition coefficient (Wildman–Crippen LogP) is 4.77. The predicted molar refractivity (Wildman–Crippen MR) is 214 cm³/mol. The second-order valence-electron chi connectivity index (χ2n) is 7.78. The number of rotatable bonds is 33. The molecule has 6 nitrogen and oxygen atoms in total. The van der Waals surface area contributed by atoms with E-state index in [4.69, 9.17) is 10.2 Å². The lowest BCUT2D eigenvalue weighted by Gasteiger charge is -2.05. The van der Waals surface area contributed by atoms with E-state index in [1.807, 2.05) is 0 Å². The molecule has 0 aliphatic carbocycles. The van der Waals surface area contributed by atoms with E-state index in [1.165, 1.54) is 23.5 Å². The third-order valence-corrected chi connectivity index (χ3v) is 19.6. The Morgan fingerprint density at radius 1 is 0.452 bits per heavy atom. The molecule has 0 aliphatic rings. The van der Waals surface area contributed by atoms with Crippen LogP contribution in [0.15, 0.2) is 0 Å². The van der Waals surface area contributed by atoms with Crippen LogP contribution >= 0.6 is 118 Å². The van der Waals surface area contributed by atoms with Gasteiger partial charge in [-0.1, -0.05) is 23.5 Å². The van der Waals surface area contributed by atoms with E-state index in [0.717, 1.165) is 74.1 Å². The summed E-state index contributed by atoms with van der Waals surface area (Å²) in [7, 11) is -1.58. The first kappa shape index (κ1) is 45.1. The SMILES string of the molecule is O=C(CSCCSCCS(=O)CSCCSCSC(=O)CSCCSCCS(=O)CCSCCO)SCCSCCO. The van der Waals surface area contributed by atoms with Crippen molar-refractivity contribution >= 4 is 149 Å². The molecule has 0 saturated heterocycles. The number of carbonyl (C=O) groups is 2. The largest absolute Gasteiger partial charge is 0.396 e. The van der Waals surface area contributed by atoms with Gasteiger partial charge in [-0.15, -0.1) is 23.5 Å². The summed E-state index contributed by atoms with van der Waals surface area (Å²) in [5.41, 5.74) is 0. The van der Waals surface area contributed by atoms with Crippen LogP contribution in [0.5, 0.6) is 0 Å². The van der Waals surface area contributed by atoms with Crippen LogP contribution in [0.1, 0.15) is 0 Å². The van der Waals surface area contributed by atoms with Crippen molar-refractivity contribution in [3.05, 3.63) is 0 Å². The van der Waals surface area contributed by atoms with Gasteiger partial charge < -0.3 is 10.2 Å². The molecule has 2 N–H and O–H groups in total. The first-order chi connectivity index (χ1) is 20.5. The van der Waals surface area contributed by atoms with E-state index in [0.29, 0.717) is 39.6 Å². The van der Waals surface area contributed by atoms with Gasteiger partial charge in [-0.25, -0.2) is 0 Å². The van der Waals surface area contributed by atoms with Crippen molar-refractivity contribution in [1.82, 2.24) is 0 Å². The molecule has 0 radical (unpaired) electrons. The summed E-state index contributed by atoms with van der Waals surface area (Å²) >= 11 is 16.5. The van der Waals surface area contributed by atoms with Gasteiger partial charge in [-0.2, -0.15) is 70.6 Å². The van der Waals surface area contributed by atoms with Crippen molar-refractivity contribution in [2.75, 3.05) is 127 Å². The number of aliphatic hydroxyl groups excluding tert-OH is 2. The summed E-state index contributed by atoms with van der Waals surface area (Å²) in [4.78, 5) is 23.8. The molecule has 18 heteroatoms. The fourth-order valence-corrected chi connectivity index (χ4v) is 16.0. The molecule has 2 atom stereocenters. The van der Waals surface area contributed by atoms with Gasteiger partial charge in [0.1, 0.15) is 0 Å². The molecule has 0 heterocycles. The molecule has 0 rings (SSSR count). The minimum absolute atomic E-state index is 0.178. The van der Waals surface area contributed by atoms with Gasteiger partial charge in [0.15, 0.2) is 10.2 Å². The lowest BCUT2D eigenvalue weighted by Crippen LogP contribution is -2.08. The fourth-order valence-electron chi connectivity index (χ4n) is 2.43. The van der Waals surface area contributed by atoms with Crippen LogP contribution in [0, 0.1) is 0 Å². The highest BCUT2D eigenvalue weighted by Gasteiger charge is 2.06. The van der Waals surface area contributed by atoms with Crippen molar-refractivity contribution in [3.8, 4) is 0 Å². The van der Waals surface area contributed by atoms with Crippen LogP contribution < -0.4 is 0 Å². The van der Waals surface area contributed by atoms with Gasteiger partial charge in [0.2, 0.25) is 0 Å². The minimum atomic E-state index is -0.804. The Labute approximate surface area is 301 Å². The molecule has 0 fully saturated rings. The molecular weight excluding hydrogens is 769 g/mol. The summed E-state index contributed by atoms with van der Waals surface area (Å²) in [6.45, 7) is 0.368. The Morgan fingerprint density at radius 3 is 1.48 bits per heavy atom. The Bertz CT molecular complexity index is 692. The van der Waals surface area contributed by atoms with E-state index in [2.05, 4.69) is 0 Å². The Balaban J connectivity index is 3.37. The summed E-state index contributed by atoms with van der Waals surface area (Å²) in [6.07, 6.45) is 0. The number of hydrogen-bond donors (Lipinski definition) is 2. The molecule has 0 spiro atoms. The maximum Gasteiger partial charge on any atom is 0.199 e. The van der Waals surface area contributed by atoms with Crippen LogP contribution in [0.25, 0.3) is 0 Å². The number of aliphatic hydroxyl groups is 2. The van der Waals surface area contributed by atoms with Crippen molar-refractivity contribution in [2.45, 2.75) is 0 Å². The second-order valence-corrected chi connectivity index (χ2v) is 23.3. The normalized spacial score (nSPS) is 12.9. The van der Waals surface area contributed by atoms with Gasteiger partial charge in [-0.3, -0.25) is 18.0 Å². The first-order valence-corrected chi connectivity index (χ1v) is 27.5. The topological polar surface area (TPSA) is 109 Å². The molecule has 250 valence electrons. The number of hydrogen-bond acceptors (Lipinski definition) is 16. The summed E-state index contributed by atoms with van der Waals surface area (Å²) < 4.78 is 24.0. The van der Waals surface area contributed by atoms with Crippen LogP contribution in [-0.2, 0) is 31.2 Å². The van der Waals surface area contributed by atoms with E-state index < -0.39 is 21.6 Å². The van der Waals surface area contributed by atoms with Crippen LogP contribution in [-0.4, -0.2) is 156 Å². The highest BCUT2D eigenvalue weighted by Crippen LogP contribution is 2.18. The quantitative estimate of drug-likeness (QED) is 0.0702. The van der Waals surface area contributed by atoms with Gasteiger partial charge in [0.05, 0.1) is 29.8 Å². The van der Waals surface area contributed by atoms with Crippen LogP contribution in [0.2, 0.25) is 0 Å². The molecule has 0 aliphatic heterocycles. The smallest absolute Gasteiger partial charge is 0.199 e. The monoisotopic (exact) mass is 814 g/mol. The van der Waals surface area contributed by atoms with Gasteiger partial charge in [0, 0.05) is 119 Å². The maximum atomic E-state index is 12.2. The fraction of sp³-hybridized carbons (Fsp3) is 0.917. The van der Waals surface area contributed by atoms with Crippen molar-refractivity contribution in [2.24, 2.45) is 0 Å². The van der Waals surface area contributed by atoms with E-state index in [1.54, 1.807) is 94.1 Å². The van der Waals surface area contributed by atoms with Gasteiger partial charge in [0.25, 0.3) is 0 Å². The molecule has 0 bridgehead atoms. The summed E-state index contributed by atoms with van der Waals surface area (Å²) in [6, 6.07) is 0. The summed E-state index contributed by atoms with van der Waals surface area (Å²) in [5, 5.41) is 19.3. The minimum Gasteiger partial charge on any atom is -0.396 e. The van der Waals surface area contributed by atoms with Crippen molar-refractivity contribution < 1.29 is 28.2 Å². The van der Waals surface area contributed by atoms with Gasteiger partial charge >= 0.3 is 0 Å². The zero-order chi connectivity index (χ0) is 30.9. The Morgan fingerprint density at radius 2 is 0.881 bits per heavy atom. The molecule has 0 aromatic rings. The standard InChI is InChI=1S/C24H46O6S12/c25-1-3-31-11-12-39-23(27)19-35-7-6-34-15-18-42(30)22-38-10-9-37-21-40-24(28)20-36-8-5-33-14-17-41(29)16-13-32-4-2-26/h25-26H,1-22H2. The lowest BCUT2D eigenvalue weighted by molar-refractivity contribution is -0.109. The molecule has 2 unspecified atom stereocenters. The molecular formula is C24H46O6S12. The van der Waals surface area contributed by atoms with Crippen molar-refractivity contribution in [1.29, 1.82) is 0 Å². The Hall–Kier alpha value is 3.06. The van der Waals surface area contributed by atoms with E-state index in [9.17, 15) is 18.0 Å². The number of carbonyl (C=O) groups excluding carboxylic acids is 2. The van der Waals surface area contributed by atoms with Crippen LogP contribution in [0.3, 0.4) is 0 Å². The molecule has 0 aromatic carbocycles. The second kappa shape index (κ2) is 36.9. The molecule has 0 aromatic heterocycles. The third kappa shape index (κ3) is 35.9. The lowest BCUT2D eigenvalue weighted by atomic mass is 10.9. The van der Waals surface area contributed by atoms with Crippen LogP contribution in [0.4, 0.5) is 0 Å². The Kier molecular flexibility index (Phi) is 39.6. The number of thioether (sulfide) groups is 10. The summed E-state index contributed by atoms with van der Waals surface area (Å²) in [5.74, 6) is 14.7. The maximum absolute atomic E-state index is 12.2. The first-order valence-electron chi connectivity index (χ1n) is 13.3. The van der Waals surface area contributed by atoms with E-state index in [-0.39, 0.29) is 23.4 Å². The molecule has 0 amide bonds. The highest BCUT2D eigenvalue weighted by molar-refractivity contribution is 8.25.